The highest BCUT2D eigenvalue weighted by atomic mass is 32.1. The molecule has 4 nitrogen and oxygen atoms in total. The van der Waals surface area contributed by atoms with Crippen molar-refractivity contribution in [1.29, 1.82) is 0 Å². The number of carbonyl (C=O) groups is 1. The first-order valence-corrected chi connectivity index (χ1v) is 8.53. The molecule has 0 spiro atoms. The van der Waals surface area contributed by atoms with E-state index in [1.807, 2.05) is 55.0 Å². The zero-order valence-electron chi connectivity index (χ0n) is 13.0. The predicted molar refractivity (Wildman–Crippen MR) is 94.0 cm³/mol. The first-order chi connectivity index (χ1) is 11.3. The highest BCUT2D eigenvalue weighted by Gasteiger charge is 2.17. The van der Waals surface area contributed by atoms with Crippen LogP contribution in [0.1, 0.15) is 40.4 Å². The van der Waals surface area contributed by atoms with Gasteiger partial charge in [0.2, 0.25) is 0 Å². The molecule has 2 heterocycles. The van der Waals surface area contributed by atoms with E-state index in [0.717, 1.165) is 23.4 Å². The lowest BCUT2D eigenvalue weighted by Crippen LogP contribution is -2.10. The van der Waals surface area contributed by atoms with Crippen LogP contribution in [0, 0.1) is 0 Å². The normalized spacial score (nSPS) is 12.0. The maximum absolute atomic E-state index is 12.4. The number of benzene rings is 1. The Kier molecular flexibility index (Phi) is 4.88. The molecule has 118 valence electrons. The van der Waals surface area contributed by atoms with Gasteiger partial charge in [-0.2, -0.15) is 0 Å². The molecule has 3 aromatic rings. The molecule has 0 saturated heterocycles. The molecule has 5 heteroatoms. The number of hydrogen-bond donors (Lipinski definition) is 1. The van der Waals surface area contributed by atoms with Crippen LogP contribution in [0.5, 0.6) is 0 Å². The van der Waals surface area contributed by atoms with Crippen molar-refractivity contribution in [2.75, 3.05) is 5.32 Å². The minimum absolute atomic E-state index is 0.0617. The maximum atomic E-state index is 12.4. The number of carbonyl (C=O) groups excluding carboxylic acids is 1. The molecule has 3 rings (SSSR count). The van der Waals surface area contributed by atoms with Crippen LogP contribution >= 0.6 is 11.3 Å². The summed E-state index contributed by atoms with van der Waals surface area (Å²) >= 11 is 1.55. The number of imidazole rings is 1. The highest BCUT2D eigenvalue weighted by Crippen LogP contribution is 2.30. The molecule has 23 heavy (non-hydrogen) atoms. The minimum atomic E-state index is -0.0617. The van der Waals surface area contributed by atoms with E-state index in [4.69, 9.17) is 0 Å². The zero-order chi connectivity index (χ0) is 16.1. The lowest BCUT2D eigenvalue weighted by atomic mass is 10.1. The van der Waals surface area contributed by atoms with Gasteiger partial charge in [-0.15, -0.1) is 11.3 Å². The molecule has 1 N–H and O–H groups in total. The number of anilines is 1. The van der Waals surface area contributed by atoms with Gasteiger partial charge >= 0.3 is 0 Å². The van der Waals surface area contributed by atoms with E-state index in [9.17, 15) is 4.79 Å². The standard InChI is InChI=1S/C18H19N3OS/c1-2-6-15(21-12-11-19-13-21)16-9-10-17(23-16)18(22)20-14-7-4-3-5-8-14/h3-5,7-13,15H,2,6H2,1H3,(H,20,22). The van der Waals surface area contributed by atoms with Crippen molar-refractivity contribution in [1.82, 2.24) is 9.55 Å². The molecule has 1 unspecified atom stereocenters. The summed E-state index contributed by atoms with van der Waals surface area (Å²) in [6, 6.07) is 13.7. The van der Waals surface area contributed by atoms with Crippen molar-refractivity contribution in [3.05, 3.63) is 70.9 Å². The number of aromatic nitrogens is 2. The molecule has 0 fully saturated rings. The largest absolute Gasteiger partial charge is 0.329 e. The van der Waals surface area contributed by atoms with Crippen molar-refractivity contribution in [3.63, 3.8) is 0 Å². The molecular formula is C18H19N3OS. The van der Waals surface area contributed by atoms with Gasteiger partial charge in [0.15, 0.2) is 0 Å². The SMILES string of the molecule is CCCC(c1ccc(C(=O)Nc2ccccc2)s1)n1ccnc1. The van der Waals surface area contributed by atoms with Gasteiger partial charge in [0, 0.05) is 23.0 Å². The van der Waals surface area contributed by atoms with Crippen molar-refractivity contribution in [2.45, 2.75) is 25.8 Å². The summed E-state index contributed by atoms with van der Waals surface area (Å²) in [7, 11) is 0. The summed E-state index contributed by atoms with van der Waals surface area (Å²) in [5.74, 6) is -0.0617. The summed E-state index contributed by atoms with van der Waals surface area (Å²) in [5.41, 5.74) is 0.812. The van der Waals surface area contributed by atoms with E-state index in [2.05, 4.69) is 21.8 Å². The van der Waals surface area contributed by atoms with Crippen molar-refractivity contribution in [2.24, 2.45) is 0 Å². The zero-order valence-corrected chi connectivity index (χ0v) is 13.8. The second-order valence-electron chi connectivity index (χ2n) is 5.34. The third-order valence-corrected chi connectivity index (χ3v) is 4.84. The first-order valence-electron chi connectivity index (χ1n) is 7.71. The number of nitrogens with one attached hydrogen (secondary N) is 1. The Morgan fingerprint density at radius 1 is 1.26 bits per heavy atom. The topological polar surface area (TPSA) is 46.9 Å². The van der Waals surface area contributed by atoms with Crippen LogP contribution in [0.2, 0.25) is 0 Å². The fourth-order valence-electron chi connectivity index (χ4n) is 2.53. The summed E-state index contributed by atoms with van der Waals surface area (Å²) in [4.78, 5) is 18.4. The smallest absolute Gasteiger partial charge is 0.265 e. The molecule has 2 aromatic heterocycles. The molecular weight excluding hydrogens is 306 g/mol. The molecule has 1 atom stereocenters. The number of rotatable bonds is 6. The fraction of sp³-hybridized carbons (Fsp3) is 0.222. The van der Waals surface area contributed by atoms with E-state index < -0.39 is 0 Å². The van der Waals surface area contributed by atoms with Crippen LogP contribution in [-0.2, 0) is 0 Å². The van der Waals surface area contributed by atoms with E-state index in [1.165, 1.54) is 4.88 Å². The average Bonchev–Trinajstić information content (AvgIpc) is 3.25. The summed E-state index contributed by atoms with van der Waals surface area (Å²) in [6.07, 6.45) is 7.70. The van der Waals surface area contributed by atoms with E-state index in [1.54, 1.807) is 17.5 Å². The Labute approximate surface area is 139 Å². The van der Waals surface area contributed by atoms with Gasteiger partial charge in [0.1, 0.15) is 0 Å². The number of nitrogens with zero attached hydrogens (tertiary/aromatic N) is 2. The van der Waals surface area contributed by atoms with Crippen molar-refractivity contribution >= 4 is 22.9 Å². The molecule has 0 radical (unpaired) electrons. The van der Waals surface area contributed by atoms with Gasteiger partial charge in [0.05, 0.1) is 17.2 Å². The minimum Gasteiger partial charge on any atom is -0.329 e. The van der Waals surface area contributed by atoms with Gasteiger partial charge in [-0.25, -0.2) is 4.98 Å². The van der Waals surface area contributed by atoms with Gasteiger partial charge in [-0.05, 0) is 30.7 Å². The van der Waals surface area contributed by atoms with E-state index in [0.29, 0.717) is 0 Å². The Balaban J connectivity index is 1.77. The molecule has 0 saturated carbocycles. The lowest BCUT2D eigenvalue weighted by molar-refractivity contribution is 0.103. The first kappa shape index (κ1) is 15.5. The lowest BCUT2D eigenvalue weighted by Gasteiger charge is -2.15. The van der Waals surface area contributed by atoms with Gasteiger partial charge in [0.25, 0.3) is 5.91 Å². The Bertz CT molecular complexity index is 750. The van der Waals surface area contributed by atoms with Crippen LogP contribution in [-0.4, -0.2) is 15.5 Å². The second-order valence-corrected chi connectivity index (χ2v) is 6.45. The Morgan fingerprint density at radius 3 is 2.78 bits per heavy atom. The van der Waals surface area contributed by atoms with Crippen LogP contribution in [0.25, 0.3) is 0 Å². The monoisotopic (exact) mass is 325 g/mol. The van der Waals surface area contributed by atoms with Crippen LogP contribution in [0.15, 0.2) is 61.2 Å². The third kappa shape index (κ3) is 3.68. The second kappa shape index (κ2) is 7.24. The number of amides is 1. The Hall–Kier alpha value is -2.40. The van der Waals surface area contributed by atoms with Gasteiger partial charge in [-0.3, -0.25) is 4.79 Å². The maximum Gasteiger partial charge on any atom is 0.265 e. The number of para-hydroxylation sites is 1. The van der Waals surface area contributed by atoms with Gasteiger partial charge in [-0.1, -0.05) is 31.5 Å². The summed E-state index contributed by atoms with van der Waals surface area (Å²) in [5, 5.41) is 2.93. The molecule has 1 aromatic carbocycles. The van der Waals surface area contributed by atoms with Crippen molar-refractivity contribution in [3.8, 4) is 0 Å². The molecule has 0 aliphatic carbocycles. The van der Waals surface area contributed by atoms with E-state index in [-0.39, 0.29) is 11.9 Å². The quantitative estimate of drug-likeness (QED) is 0.720. The van der Waals surface area contributed by atoms with E-state index >= 15 is 0 Å². The fourth-order valence-corrected chi connectivity index (χ4v) is 3.58. The number of hydrogen-bond acceptors (Lipinski definition) is 3. The molecule has 0 aliphatic rings. The molecule has 0 bridgehead atoms. The predicted octanol–water partition coefficient (Wildman–Crippen LogP) is 4.59. The van der Waals surface area contributed by atoms with Crippen LogP contribution in [0.4, 0.5) is 5.69 Å². The van der Waals surface area contributed by atoms with Crippen LogP contribution < -0.4 is 5.32 Å². The van der Waals surface area contributed by atoms with Crippen molar-refractivity contribution < 1.29 is 4.79 Å². The van der Waals surface area contributed by atoms with Gasteiger partial charge < -0.3 is 9.88 Å². The Morgan fingerprint density at radius 2 is 2.09 bits per heavy atom. The average molecular weight is 325 g/mol. The molecule has 0 aliphatic heterocycles. The third-order valence-electron chi connectivity index (χ3n) is 3.66. The highest BCUT2D eigenvalue weighted by molar-refractivity contribution is 7.14. The number of thiophene rings is 1. The summed E-state index contributed by atoms with van der Waals surface area (Å²) in [6.45, 7) is 2.17. The summed E-state index contributed by atoms with van der Waals surface area (Å²) < 4.78 is 2.11. The molecule has 1 amide bonds. The van der Waals surface area contributed by atoms with Crippen LogP contribution in [0.3, 0.4) is 0 Å².